The highest BCUT2D eigenvalue weighted by Gasteiger charge is 2.19. The second kappa shape index (κ2) is 9.24. The van der Waals surface area contributed by atoms with Gasteiger partial charge in [-0.25, -0.2) is 4.98 Å². The molecule has 4 rings (SSSR count). The van der Waals surface area contributed by atoms with Gasteiger partial charge in [0.25, 0.3) is 11.6 Å². The molecule has 0 bridgehead atoms. The molecule has 0 radical (unpaired) electrons. The molecule has 7 nitrogen and oxygen atoms in total. The first kappa shape index (κ1) is 22.2. The summed E-state index contributed by atoms with van der Waals surface area (Å²) in [5.74, 6) is -0.364. The maximum Gasteiger partial charge on any atom is 0.259 e. The minimum absolute atomic E-state index is 0.0359. The highest BCUT2D eigenvalue weighted by molar-refractivity contribution is 6.07. The van der Waals surface area contributed by atoms with Crippen LogP contribution in [0.5, 0.6) is 0 Å². The van der Waals surface area contributed by atoms with Crippen LogP contribution in [0.4, 0.5) is 5.69 Å². The Balaban J connectivity index is 1.54. The van der Waals surface area contributed by atoms with Crippen LogP contribution in [0.3, 0.4) is 0 Å². The predicted molar refractivity (Wildman–Crippen MR) is 128 cm³/mol. The Bertz CT molecular complexity index is 1310. The van der Waals surface area contributed by atoms with E-state index in [1.165, 1.54) is 0 Å². The number of nitrogens with zero attached hydrogens (tertiary/aromatic N) is 2. The summed E-state index contributed by atoms with van der Waals surface area (Å²) in [4.78, 5) is 29.5. The molecule has 7 heteroatoms. The maximum absolute atomic E-state index is 13.1. The normalized spacial score (nSPS) is 11.1. The molecular formula is C26H26N4O3. The van der Waals surface area contributed by atoms with E-state index in [0.29, 0.717) is 34.6 Å². The van der Waals surface area contributed by atoms with E-state index in [4.69, 9.17) is 4.52 Å². The molecule has 0 saturated heterocycles. The Kier molecular flexibility index (Phi) is 6.22. The maximum atomic E-state index is 13.1. The smallest absolute Gasteiger partial charge is 0.259 e. The summed E-state index contributed by atoms with van der Waals surface area (Å²) < 4.78 is 5.37. The molecule has 2 heterocycles. The number of benzene rings is 2. The first-order valence-electron chi connectivity index (χ1n) is 10.8. The first-order valence-corrected chi connectivity index (χ1v) is 10.8. The number of carbonyl (C=O) groups excluding carboxylic acids is 2. The Morgan fingerprint density at radius 2 is 1.70 bits per heavy atom. The fourth-order valence-corrected chi connectivity index (χ4v) is 3.42. The molecule has 2 aromatic heterocycles. The van der Waals surface area contributed by atoms with Crippen LogP contribution in [-0.2, 0) is 11.3 Å². The lowest BCUT2D eigenvalue weighted by Crippen LogP contribution is -2.23. The van der Waals surface area contributed by atoms with E-state index in [-0.39, 0.29) is 17.7 Å². The van der Waals surface area contributed by atoms with Crippen molar-refractivity contribution in [3.8, 4) is 11.3 Å². The molecule has 0 atom stereocenters. The van der Waals surface area contributed by atoms with Crippen molar-refractivity contribution in [3.05, 3.63) is 77.0 Å². The Labute approximate surface area is 192 Å². The standard InChI is InChI=1S/C26H26N4O3/c1-15(2)24(31)28-20-11-7-18(8-12-20)14-27-25(32)21-13-22(19-9-5-16(3)6-10-19)29-26-23(21)17(4)30-33-26/h5-13,15H,14H2,1-4H3,(H,27,32)(H,28,31). The molecule has 4 aromatic rings. The molecule has 33 heavy (non-hydrogen) atoms. The van der Waals surface area contributed by atoms with Crippen LogP contribution in [0, 0.1) is 19.8 Å². The van der Waals surface area contributed by atoms with Crippen molar-refractivity contribution in [2.45, 2.75) is 34.2 Å². The zero-order valence-electron chi connectivity index (χ0n) is 19.1. The summed E-state index contributed by atoms with van der Waals surface area (Å²) >= 11 is 0. The van der Waals surface area contributed by atoms with E-state index >= 15 is 0 Å². The van der Waals surface area contributed by atoms with Gasteiger partial charge in [0.05, 0.1) is 22.3 Å². The van der Waals surface area contributed by atoms with Gasteiger partial charge in [0.15, 0.2) is 0 Å². The van der Waals surface area contributed by atoms with Crippen LogP contribution in [0.2, 0.25) is 0 Å². The van der Waals surface area contributed by atoms with E-state index in [1.54, 1.807) is 13.0 Å². The fraction of sp³-hybridized carbons (Fsp3) is 0.231. The summed E-state index contributed by atoms with van der Waals surface area (Å²) in [5.41, 5.74) is 5.74. The third kappa shape index (κ3) is 4.92. The van der Waals surface area contributed by atoms with Gasteiger partial charge in [0.1, 0.15) is 0 Å². The predicted octanol–water partition coefficient (Wildman–Crippen LogP) is 5.03. The molecule has 0 aliphatic carbocycles. The van der Waals surface area contributed by atoms with E-state index in [2.05, 4.69) is 20.8 Å². The second-order valence-corrected chi connectivity index (χ2v) is 8.39. The van der Waals surface area contributed by atoms with Crippen molar-refractivity contribution in [2.75, 3.05) is 5.32 Å². The van der Waals surface area contributed by atoms with Gasteiger partial charge in [0, 0.05) is 23.7 Å². The monoisotopic (exact) mass is 442 g/mol. The van der Waals surface area contributed by atoms with Crippen LogP contribution < -0.4 is 10.6 Å². The summed E-state index contributed by atoms with van der Waals surface area (Å²) in [6.45, 7) is 7.84. The van der Waals surface area contributed by atoms with Gasteiger partial charge in [-0.1, -0.05) is 61.0 Å². The number of aromatic nitrogens is 2. The number of aryl methyl sites for hydroxylation is 2. The van der Waals surface area contributed by atoms with Crippen LogP contribution in [0.25, 0.3) is 22.4 Å². The quantitative estimate of drug-likeness (QED) is 0.436. The lowest BCUT2D eigenvalue weighted by molar-refractivity contribution is -0.118. The summed E-state index contributed by atoms with van der Waals surface area (Å²) in [7, 11) is 0. The molecule has 0 aliphatic rings. The van der Waals surface area contributed by atoms with Crippen LogP contribution in [0.1, 0.15) is 41.0 Å². The molecule has 0 unspecified atom stereocenters. The number of hydrogen-bond donors (Lipinski definition) is 2. The summed E-state index contributed by atoms with van der Waals surface area (Å²) in [6, 6.07) is 17.1. The lowest BCUT2D eigenvalue weighted by Gasteiger charge is -2.10. The molecule has 2 amide bonds. The van der Waals surface area contributed by atoms with Gasteiger partial charge in [-0.2, -0.15) is 0 Å². The molecule has 0 fully saturated rings. The summed E-state index contributed by atoms with van der Waals surface area (Å²) in [5, 5.41) is 10.4. The van der Waals surface area contributed by atoms with Gasteiger partial charge in [0.2, 0.25) is 5.91 Å². The number of fused-ring (bicyclic) bond motifs is 1. The highest BCUT2D eigenvalue weighted by atomic mass is 16.5. The average molecular weight is 443 g/mol. The Morgan fingerprint density at radius 1 is 1.00 bits per heavy atom. The molecule has 0 saturated carbocycles. The van der Waals surface area contributed by atoms with Gasteiger partial charge in [-0.3, -0.25) is 9.59 Å². The highest BCUT2D eigenvalue weighted by Crippen LogP contribution is 2.27. The van der Waals surface area contributed by atoms with E-state index < -0.39 is 0 Å². The Morgan fingerprint density at radius 3 is 2.36 bits per heavy atom. The largest absolute Gasteiger partial charge is 0.348 e. The fourth-order valence-electron chi connectivity index (χ4n) is 3.42. The SMILES string of the molecule is Cc1ccc(-c2cc(C(=O)NCc3ccc(NC(=O)C(C)C)cc3)c3c(C)noc3n2)cc1. The van der Waals surface area contributed by atoms with E-state index in [1.807, 2.05) is 69.3 Å². The van der Waals surface area contributed by atoms with Gasteiger partial charge >= 0.3 is 0 Å². The Hall–Kier alpha value is -4.00. The molecule has 2 aromatic carbocycles. The third-order valence-corrected chi connectivity index (χ3v) is 5.41. The number of rotatable bonds is 6. The lowest BCUT2D eigenvalue weighted by atomic mass is 10.0. The number of hydrogen-bond acceptors (Lipinski definition) is 5. The van der Waals surface area contributed by atoms with Gasteiger partial charge < -0.3 is 15.2 Å². The van der Waals surface area contributed by atoms with Crippen molar-refractivity contribution in [1.29, 1.82) is 0 Å². The second-order valence-electron chi connectivity index (χ2n) is 8.39. The number of amides is 2. The molecule has 0 aliphatic heterocycles. The first-order chi connectivity index (χ1) is 15.8. The molecule has 2 N–H and O–H groups in total. The van der Waals surface area contributed by atoms with Crippen molar-refractivity contribution in [1.82, 2.24) is 15.5 Å². The van der Waals surface area contributed by atoms with Crippen molar-refractivity contribution in [3.63, 3.8) is 0 Å². The van der Waals surface area contributed by atoms with Crippen LogP contribution in [0.15, 0.2) is 59.1 Å². The number of anilines is 1. The molecule has 168 valence electrons. The third-order valence-electron chi connectivity index (χ3n) is 5.41. The minimum atomic E-state index is -0.237. The zero-order chi connectivity index (χ0) is 23.5. The van der Waals surface area contributed by atoms with Crippen LogP contribution >= 0.6 is 0 Å². The molecular weight excluding hydrogens is 416 g/mol. The van der Waals surface area contributed by atoms with Gasteiger partial charge in [-0.05, 0) is 37.6 Å². The number of nitrogens with one attached hydrogen (secondary N) is 2. The zero-order valence-corrected chi connectivity index (χ0v) is 19.1. The van der Waals surface area contributed by atoms with Crippen LogP contribution in [-0.4, -0.2) is 22.0 Å². The minimum Gasteiger partial charge on any atom is -0.348 e. The number of pyridine rings is 1. The molecule has 0 spiro atoms. The number of carbonyl (C=O) groups is 2. The average Bonchev–Trinajstić information content (AvgIpc) is 3.19. The van der Waals surface area contributed by atoms with Gasteiger partial charge in [-0.15, -0.1) is 0 Å². The van der Waals surface area contributed by atoms with E-state index in [0.717, 1.165) is 22.4 Å². The topological polar surface area (TPSA) is 97.1 Å². The van der Waals surface area contributed by atoms with Crippen molar-refractivity contribution in [2.24, 2.45) is 5.92 Å². The van der Waals surface area contributed by atoms with Crippen molar-refractivity contribution >= 4 is 28.6 Å². The van der Waals surface area contributed by atoms with Crippen molar-refractivity contribution < 1.29 is 14.1 Å². The summed E-state index contributed by atoms with van der Waals surface area (Å²) in [6.07, 6.45) is 0. The van der Waals surface area contributed by atoms with E-state index in [9.17, 15) is 9.59 Å².